The molecule has 0 saturated carbocycles. The van der Waals surface area contributed by atoms with Gasteiger partial charge in [0.15, 0.2) is 0 Å². The topological polar surface area (TPSA) is 85.7 Å². The molecule has 1 atom stereocenters. The van der Waals surface area contributed by atoms with Crippen LogP contribution in [0.3, 0.4) is 0 Å². The van der Waals surface area contributed by atoms with Gasteiger partial charge in [0.2, 0.25) is 0 Å². The van der Waals surface area contributed by atoms with Crippen LogP contribution < -0.4 is 5.32 Å². The molecule has 1 aromatic heterocycles. The highest BCUT2D eigenvalue weighted by Gasteiger charge is 2.21. The van der Waals surface area contributed by atoms with E-state index in [1.54, 1.807) is 11.0 Å². The molecule has 160 valence electrons. The molecule has 0 fully saturated rings. The Morgan fingerprint density at radius 1 is 1.30 bits per heavy atom. The van der Waals surface area contributed by atoms with Gasteiger partial charge in [-0.2, -0.15) is 0 Å². The third-order valence-corrected chi connectivity index (χ3v) is 5.51. The van der Waals surface area contributed by atoms with Gasteiger partial charge in [-0.05, 0) is 41.2 Å². The molecule has 0 saturated heterocycles. The number of rotatable bonds is 4. The zero-order chi connectivity index (χ0) is 21.9. The molecule has 1 unspecified atom stereocenters. The molecule has 2 heterocycles. The average Bonchev–Trinajstić information content (AvgIpc) is 2.73. The first-order chi connectivity index (χ1) is 14.2. The highest BCUT2D eigenvalue weighted by molar-refractivity contribution is 6.32. The Morgan fingerprint density at radius 3 is 2.53 bits per heavy atom. The summed E-state index contributed by atoms with van der Waals surface area (Å²) < 4.78 is 0. The van der Waals surface area contributed by atoms with Gasteiger partial charge in [0.25, 0.3) is 0 Å². The number of pyridine rings is 1. The van der Waals surface area contributed by atoms with Crippen molar-refractivity contribution in [3.05, 3.63) is 64.4 Å². The predicted molar refractivity (Wildman–Crippen MR) is 120 cm³/mol. The first-order valence-electron chi connectivity index (χ1n) is 9.99. The van der Waals surface area contributed by atoms with Crippen molar-refractivity contribution in [3.8, 4) is 0 Å². The van der Waals surface area contributed by atoms with Gasteiger partial charge >= 0.3 is 6.03 Å². The number of aliphatic hydroxyl groups is 2. The number of urea groups is 1. The van der Waals surface area contributed by atoms with Crippen molar-refractivity contribution in [1.82, 2.24) is 9.88 Å². The summed E-state index contributed by atoms with van der Waals surface area (Å²) in [7, 11) is 0. The molecule has 1 aliphatic rings. The summed E-state index contributed by atoms with van der Waals surface area (Å²) in [6.07, 6.45) is 3.09. The van der Waals surface area contributed by atoms with E-state index in [0.717, 1.165) is 11.3 Å². The molecule has 2 amide bonds. The quantitative estimate of drug-likeness (QED) is 0.673. The van der Waals surface area contributed by atoms with Crippen LogP contribution in [0.2, 0.25) is 5.02 Å². The maximum absolute atomic E-state index is 12.6. The summed E-state index contributed by atoms with van der Waals surface area (Å²) in [5.74, 6) is 0. The van der Waals surface area contributed by atoms with E-state index in [4.69, 9.17) is 16.7 Å². The number of hydrogen-bond acceptors (Lipinski definition) is 4. The SMILES string of the molecule is CC(C)(C)c1ccc(NC(=O)N2CC=C(c3ncc(C(O)CO)cc3Cl)CC2)cc1. The summed E-state index contributed by atoms with van der Waals surface area (Å²) in [6.45, 7) is 7.09. The lowest BCUT2D eigenvalue weighted by Crippen LogP contribution is -2.38. The number of nitrogens with zero attached hydrogens (tertiary/aromatic N) is 2. The fourth-order valence-electron chi connectivity index (χ4n) is 3.30. The largest absolute Gasteiger partial charge is 0.393 e. The van der Waals surface area contributed by atoms with Crippen LogP contribution in [0, 0.1) is 0 Å². The van der Waals surface area contributed by atoms with Gasteiger partial charge in [-0.25, -0.2) is 4.79 Å². The second-order valence-corrected chi connectivity index (χ2v) is 8.89. The molecule has 0 radical (unpaired) electrons. The van der Waals surface area contributed by atoms with Gasteiger partial charge in [-0.1, -0.05) is 50.6 Å². The standard InChI is InChI=1S/C23H28ClN3O3/c1-23(2,3)17-4-6-18(7-5-17)26-22(30)27-10-8-15(9-11-27)21-19(24)12-16(13-25-21)20(29)14-28/h4-8,12-13,20,28-29H,9-11,14H2,1-3H3,(H,26,30). The number of aromatic nitrogens is 1. The lowest BCUT2D eigenvalue weighted by atomic mass is 9.87. The number of carbonyl (C=O) groups is 1. The van der Waals surface area contributed by atoms with Crippen LogP contribution in [0.25, 0.3) is 5.57 Å². The fourth-order valence-corrected chi connectivity index (χ4v) is 3.60. The molecule has 3 N–H and O–H groups in total. The Balaban J connectivity index is 1.63. The Hall–Kier alpha value is -2.41. The van der Waals surface area contributed by atoms with E-state index >= 15 is 0 Å². The van der Waals surface area contributed by atoms with Crippen molar-refractivity contribution < 1.29 is 15.0 Å². The van der Waals surface area contributed by atoms with E-state index in [1.807, 2.05) is 30.3 Å². The number of aliphatic hydroxyl groups excluding tert-OH is 2. The highest BCUT2D eigenvalue weighted by atomic mass is 35.5. The summed E-state index contributed by atoms with van der Waals surface area (Å²) in [5.41, 5.74) is 4.13. The second kappa shape index (κ2) is 9.16. The zero-order valence-corrected chi connectivity index (χ0v) is 18.3. The molecule has 0 aliphatic carbocycles. The van der Waals surface area contributed by atoms with Gasteiger partial charge < -0.3 is 20.4 Å². The Bertz CT molecular complexity index is 936. The number of nitrogens with one attached hydrogen (secondary N) is 1. The van der Waals surface area contributed by atoms with Crippen LogP contribution in [0.1, 0.15) is 50.1 Å². The maximum atomic E-state index is 12.6. The third kappa shape index (κ3) is 5.19. The van der Waals surface area contributed by atoms with Crippen LogP contribution >= 0.6 is 11.6 Å². The number of carbonyl (C=O) groups excluding carboxylic acids is 1. The van der Waals surface area contributed by atoms with E-state index in [-0.39, 0.29) is 18.1 Å². The van der Waals surface area contributed by atoms with Crippen LogP contribution in [-0.2, 0) is 5.41 Å². The summed E-state index contributed by atoms with van der Waals surface area (Å²) in [6, 6.07) is 9.40. The second-order valence-electron chi connectivity index (χ2n) is 8.48. The van der Waals surface area contributed by atoms with Crippen LogP contribution in [0.15, 0.2) is 42.6 Å². The minimum Gasteiger partial charge on any atom is -0.393 e. The van der Waals surface area contributed by atoms with E-state index in [2.05, 4.69) is 31.1 Å². The molecule has 0 spiro atoms. The lowest BCUT2D eigenvalue weighted by molar-refractivity contribution is 0.0953. The minimum absolute atomic E-state index is 0.0697. The summed E-state index contributed by atoms with van der Waals surface area (Å²) in [4.78, 5) is 18.7. The van der Waals surface area contributed by atoms with Crippen molar-refractivity contribution >= 4 is 28.9 Å². The summed E-state index contributed by atoms with van der Waals surface area (Å²) >= 11 is 6.33. The van der Waals surface area contributed by atoms with Gasteiger partial charge in [0, 0.05) is 30.5 Å². The number of halogens is 1. The molecule has 1 aromatic carbocycles. The first kappa shape index (κ1) is 22.3. The molecule has 6 nitrogen and oxygen atoms in total. The van der Waals surface area contributed by atoms with Crippen molar-refractivity contribution in [3.63, 3.8) is 0 Å². The molecule has 7 heteroatoms. The van der Waals surface area contributed by atoms with E-state index in [1.165, 1.54) is 11.8 Å². The molecule has 3 rings (SSSR count). The molecule has 0 bridgehead atoms. The Morgan fingerprint density at radius 2 is 2.00 bits per heavy atom. The number of amides is 2. The van der Waals surface area contributed by atoms with Crippen molar-refractivity contribution in [2.24, 2.45) is 0 Å². The van der Waals surface area contributed by atoms with Crippen LogP contribution in [-0.4, -0.2) is 45.8 Å². The highest BCUT2D eigenvalue weighted by Crippen LogP contribution is 2.29. The van der Waals surface area contributed by atoms with Crippen molar-refractivity contribution in [1.29, 1.82) is 0 Å². The maximum Gasteiger partial charge on any atom is 0.322 e. The minimum atomic E-state index is -0.999. The molecular formula is C23H28ClN3O3. The first-order valence-corrected chi connectivity index (χ1v) is 10.4. The number of anilines is 1. The monoisotopic (exact) mass is 429 g/mol. The van der Waals surface area contributed by atoms with Crippen LogP contribution in [0.4, 0.5) is 10.5 Å². The predicted octanol–water partition coefficient (Wildman–Crippen LogP) is 4.38. The smallest absolute Gasteiger partial charge is 0.322 e. The average molecular weight is 430 g/mol. The molecule has 30 heavy (non-hydrogen) atoms. The fraction of sp³-hybridized carbons (Fsp3) is 0.391. The zero-order valence-electron chi connectivity index (χ0n) is 17.5. The Labute approximate surface area is 182 Å². The summed E-state index contributed by atoms with van der Waals surface area (Å²) in [5, 5.41) is 22.1. The Kier molecular flexibility index (Phi) is 6.81. The lowest BCUT2D eigenvalue weighted by Gasteiger charge is -2.27. The number of hydrogen-bond donors (Lipinski definition) is 3. The van der Waals surface area contributed by atoms with Crippen molar-refractivity contribution in [2.75, 3.05) is 25.0 Å². The van der Waals surface area contributed by atoms with Gasteiger partial charge in [-0.3, -0.25) is 4.98 Å². The van der Waals surface area contributed by atoms with Gasteiger partial charge in [0.05, 0.1) is 17.3 Å². The molecule has 2 aromatic rings. The normalized spacial score (nSPS) is 15.5. The van der Waals surface area contributed by atoms with E-state index < -0.39 is 6.10 Å². The van der Waals surface area contributed by atoms with Gasteiger partial charge in [-0.15, -0.1) is 0 Å². The third-order valence-electron chi connectivity index (χ3n) is 5.22. The molecular weight excluding hydrogens is 402 g/mol. The number of benzene rings is 1. The molecule has 1 aliphatic heterocycles. The van der Waals surface area contributed by atoms with Crippen molar-refractivity contribution in [2.45, 2.75) is 38.7 Å². The van der Waals surface area contributed by atoms with E-state index in [9.17, 15) is 9.90 Å². The van der Waals surface area contributed by atoms with E-state index in [0.29, 0.717) is 35.8 Å². The van der Waals surface area contributed by atoms with Crippen LogP contribution in [0.5, 0.6) is 0 Å². The van der Waals surface area contributed by atoms with Gasteiger partial charge in [0.1, 0.15) is 6.10 Å².